The number of ether oxygens (including phenoxy) is 1. The van der Waals surface area contributed by atoms with Crippen LogP contribution in [0.15, 0.2) is 36.4 Å². The Morgan fingerprint density at radius 2 is 1.90 bits per heavy atom. The summed E-state index contributed by atoms with van der Waals surface area (Å²) in [6, 6.07) is 12.3. The zero-order valence-electron chi connectivity index (χ0n) is 12.4. The van der Waals surface area contributed by atoms with Crippen molar-refractivity contribution in [3.63, 3.8) is 0 Å². The summed E-state index contributed by atoms with van der Waals surface area (Å²) in [4.78, 5) is 0. The summed E-state index contributed by atoms with van der Waals surface area (Å²) >= 11 is 6.27. The van der Waals surface area contributed by atoms with E-state index >= 15 is 0 Å². The molecule has 0 saturated heterocycles. The Kier molecular flexibility index (Phi) is 4.48. The molecule has 0 aromatic heterocycles. The number of benzene rings is 2. The van der Waals surface area contributed by atoms with Crippen molar-refractivity contribution in [2.45, 2.75) is 38.3 Å². The van der Waals surface area contributed by atoms with Crippen LogP contribution in [0.5, 0.6) is 0 Å². The van der Waals surface area contributed by atoms with Crippen LogP contribution in [0.2, 0.25) is 5.02 Å². The minimum Gasteiger partial charge on any atom is -0.378 e. The lowest BCUT2D eigenvalue weighted by atomic mass is 9.77. The maximum Gasteiger partial charge on any atom is 0.0580 e. The fraction of sp³-hybridized carbons (Fsp3) is 0.444. The monoisotopic (exact) mass is 303 g/mol. The first kappa shape index (κ1) is 14.8. The Morgan fingerprint density at radius 1 is 1.19 bits per heavy atom. The summed E-state index contributed by atoms with van der Waals surface area (Å²) in [5, 5.41) is 3.06. The quantitative estimate of drug-likeness (QED) is 0.869. The molecule has 1 aliphatic rings. The number of hydrogen-bond acceptors (Lipinski definition) is 2. The standard InChI is InChI=1S/C18H22ClNO/c1-2-21-13-9-12(10-13)11-18(20)16-7-8-17(19)15-6-4-3-5-14(15)16/h3-8,12-13,18H,2,9-11,20H2,1H3. The Bertz CT molecular complexity index is 622. The van der Waals surface area contributed by atoms with Crippen molar-refractivity contribution in [2.24, 2.45) is 11.7 Å². The highest BCUT2D eigenvalue weighted by atomic mass is 35.5. The first-order valence-corrected chi connectivity index (χ1v) is 8.11. The van der Waals surface area contributed by atoms with E-state index in [-0.39, 0.29) is 6.04 Å². The molecule has 0 amide bonds. The lowest BCUT2D eigenvalue weighted by molar-refractivity contribution is -0.0281. The summed E-state index contributed by atoms with van der Waals surface area (Å²) < 4.78 is 5.62. The summed E-state index contributed by atoms with van der Waals surface area (Å²) in [7, 11) is 0. The molecule has 2 N–H and O–H groups in total. The maximum absolute atomic E-state index is 6.46. The van der Waals surface area contributed by atoms with Gasteiger partial charge in [0.2, 0.25) is 0 Å². The highest BCUT2D eigenvalue weighted by molar-refractivity contribution is 6.35. The third-order valence-electron chi connectivity index (χ3n) is 4.49. The molecule has 1 fully saturated rings. The Balaban J connectivity index is 1.74. The van der Waals surface area contributed by atoms with Gasteiger partial charge in [0.05, 0.1) is 6.10 Å². The van der Waals surface area contributed by atoms with Crippen molar-refractivity contribution < 1.29 is 4.74 Å². The molecular formula is C18H22ClNO. The zero-order valence-corrected chi connectivity index (χ0v) is 13.1. The summed E-state index contributed by atoms with van der Waals surface area (Å²) in [6.07, 6.45) is 3.77. The topological polar surface area (TPSA) is 35.2 Å². The first-order valence-electron chi connectivity index (χ1n) is 7.73. The van der Waals surface area contributed by atoms with Crippen LogP contribution in [0.4, 0.5) is 0 Å². The highest BCUT2D eigenvalue weighted by Gasteiger charge is 2.31. The van der Waals surface area contributed by atoms with E-state index in [1.165, 1.54) is 10.9 Å². The van der Waals surface area contributed by atoms with Crippen LogP contribution in [0.3, 0.4) is 0 Å². The highest BCUT2D eigenvalue weighted by Crippen LogP contribution is 2.38. The summed E-state index contributed by atoms with van der Waals surface area (Å²) in [5.74, 6) is 0.686. The van der Waals surface area contributed by atoms with Crippen molar-refractivity contribution in [2.75, 3.05) is 6.61 Å². The number of hydrogen-bond donors (Lipinski definition) is 1. The van der Waals surface area contributed by atoms with Gasteiger partial charge in [0.15, 0.2) is 0 Å². The van der Waals surface area contributed by atoms with Gasteiger partial charge in [-0.25, -0.2) is 0 Å². The van der Waals surface area contributed by atoms with E-state index in [2.05, 4.69) is 25.1 Å². The van der Waals surface area contributed by atoms with E-state index < -0.39 is 0 Å². The fourth-order valence-electron chi connectivity index (χ4n) is 3.33. The van der Waals surface area contributed by atoms with Gasteiger partial charge in [0, 0.05) is 23.1 Å². The molecule has 1 unspecified atom stereocenters. The zero-order chi connectivity index (χ0) is 14.8. The number of rotatable bonds is 5. The minimum absolute atomic E-state index is 0.0692. The van der Waals surface area contributed by atoms with E-state index in [1.807, 2.05) is 18.2 Å². The van der Waals surface area contributed by atoms with Crippen molar-refractivity contribution in [3.8, 4) is 0 Å². The predicted molar refractivity (Wildman–Crippen MR) is 88.6 cm³/mol. The van der Waals surface area contributed by atoms with E-state index in [1.54, 1.807) is 0 Å². The van der Waals surface area contributed by atoms with Gasteiger partial charge < -0.3 is 10.5 Å². The van der Waals surface area contributed by atoms with Crippen LogP contribution in [-0.4, -0.2) is 12.7 Å². The molecule has 1 atom stereocenters. The lowest BCUT2D eigenvalue weighted by Crippen LogP contribution is -2.33. The van der Waals surface area contributed by atoms with Crippen molar-refractivity contribution in [1.82, 2.24) is 0 Å². The lowest BCUT2D eigenvalue weighted by Gasteiger charge is -2.36. The van der Waals surface area contributed by atoms with E-state index in [4.69, 9.17) is 22.1 Å². The molecular weight excluding hydrogens is 282 g/mol. The first-order chi connectivity index (χ1) is 10.2. The molecule has 3 rings (SSSR count). The molecule has 0 radical (unpaired) electrons. The molecule has 3 heteroatoms. The molecule has 21 heavy (non-hydrogen) atoms. The van der Waals surface area contributed by atoms with Gasteiger partial charge in [-0.1, -0.05) is 41.9 Å². The van der Waals surface area contributed by atoms with Crippen LogP contribution in [0, 0.1) is 5.92 Å². The van der Waals surface area contributed by atoms with E-state index in [0.29, 0.717) is 12.0 Å². The Morgan fingerprint density at radius 3 is 2.62 bits per heavy atom. The van der Waals surface area contributed by atoms with Gasteiger partial charge in [-0.05, 0) is 49.1 Å². The minimum atomic E-state index is 0.0692. The molecule has 0 spiro atoms. The molecule has 2 nitrogen and oxygen atoms in total. The van der Waals surface area contributed by atoms with Crippen LogP contribution in [0.1, 0.15) is 37.8 Å². The Hall–Kier alpha value is -1.09. The largest absolute Gasteiger partial charge is 0.378 e. The van der Waals surface area contributed by atoms with E-state index in [9.17, 15) is 0 Å². The van der Waals surface area contributed by atoms with Gasteiger partial charge in [-0.3, -0.25) is 0 Å². The molecule has 0 heterocycles. The normalized spacial score (nSPS) is 23.0. The molecule has 2 aromatic carbocycles. The number of nitrogens with two attached hydrogens (primary N) is 1. The number of halogens is 1. The van der Waals surface area contributed by atoms with Gasteiger partial charge in [-0.15, -0.1) is 0 Å². The summed E-state index contributed by atoms with van der Waals surface area (Å²) in [5.41, 5.74) is 7.66. The second kappa shape index (κ2) is 6.35. The van der Waals surface area contributed by atoms with Crippen LogP contribution < -0.4 is 5.73 Å². The smallest absolute Gasteiger partial charge is 0.0580 e. The molecule has 1 aliphatic carbocycles. The average Bonchev–Trinajstić information content (AvgIpc) is 2.45. The molecule has 0 aliphatic heterocycles. The fourth-order valence-corrected chi connectivity index (χ4v) is 3.56. The predicted octanol–water partition coefficient (Wildman–Crippen LogP) is 4.70. The van der Waals surface area contributed by atoms with Gasteiger partial charge >= 0.3 is 0 Å². The molecule has 112 valence electrons. The Labute approximate surface area is 131 Å². The van der Waals surface area contributed by atoms with Crippen molar-refractivity contribution in [1.29, 1.82) is 0 Å². The third-order valence-corrected chi connectivity index (χ3v) is 4.82. The average molecular weight is 304 g/mol. The van der Waals surface area contributed by atoms with Crippen molar-refractivity contribution >= 4 is 22.4 Å². The maximum atomic E-state index is 6.46. The van der Waals surface area contributed by atoms with Gasteiger partial charge in [-0.2, -0.15) is 0 Å². The van der Waals surface area contributed by atoms with E-state index in [0.717, 1.165) is 36.3 Å². The summed E-state index contributed by atoms with van der Waals surface area (Å²) in [6.45, 7) is 2.87. The SMILES string of the molecule is CCOC1CC(CC(N)c2ccc(Cl)c3ccccc23)C1. The second-order valence-electron chi connectivity index (χ2n) is 5.94. The third kappa shape index (κ3) is 3.08. The van der Waals surface area contributed by atoms with Crippen LogP contribution in [0.25, 0.3) is 10.8 Å². The molecule has 1 saturated carbocycles. The second-order valence-corrected chi connectivity index (χ2v) is 6.35. The number of fused-ring (bicyclic) bond motifs is 1. The molecule has 2 aromatic rings. The van der Waals surface area contributed by atoms with Gasteiger partial charge in [0.25, 0.3) is 0 Å². The van der Waals surface area contributed by atoms with Crippen molar-refractivity contribution in [3.05, 3.63) is 47.0 Å². The van der Waals surface area contributed by atoms with Gasteiger partial charge in [0.1, 0.15) is 0 Å². The van der Waals surface area contributed by atoms with Crippen LogP contribution in [-0.2, 0) is 4.74 Å². The van der Waals surface area contributed by atoms with Crippen LogP contribution >= 0.6 is 11.6 Å². The molecule has 0 bridgehead atoms.